The van der Waals surface area contributed by atoms with Gasteiger partial charge in [0.25, 0.3) is 0 Å². The largest absolute Gasteiger partial charge is 0.491 e. The number of ether oxygens (including phenoxy) is 1. The zero-order valence-electron chi connectivity index (χ0n) is 19.1. The third-order valence-electron chi connectivity index (χ3n) is 6.96. The van der Waals surface area contributed by atoms with Crippen LogP contribution in [-0.2, 0) is 12.0 Å². The van der Waals surface area contributed by atoms with Gasteiger partial charge in [0.15, 0.2) is 0 Å². The molecule has 5 rings (SSSR count). The van der Waals surface area contributed by atoms with E-state index in [1.165, 1.54) is 5.69 Å². The number of aromatic nitrogens is 3. The third kappa shape index (κ3) is 3.59. The molecule has 7 heteroatoms. The van der Waals surface area contributed by atoms with Crippen LogP contribution in [0.1, 0.15) is 45.7 Å². The SMILES string of the molecule is CCNC(=O)N1CCC2(CCn3nc(-c4cnc5ccc(OC(C)CC)cc5c4)cc32)C1. The summed E-state index contributed by atoms with van der Waals surface area (Å²) in [6.45, 7) is 9.26. The van der Waals surface area contributed by atoms with Gasteiger partial charge in [0.05, 0.1) is 17.3 Å². The van der Waals surface area contributed by atoms with Gasteiger partial charge in [0.2, 0.25) is 0 Å². The normalized spacial score (nSPS) is 20.7. The Bertz CT molecular complexity index is 1160. The maximum atomic E-state index is 12.3. The van der Waals surface area contributed by atoms with Crippen LogP contribution in [0.2, 0.25) is 0 Å². The first-order valence-electron chi connectivity index (χ1n) is 11.7. The molecule has 0 aliphatic carbocycles. The maximum absolute atomic E-state index is 12.3. The van der Waals surface area contributed by atoms with Crippen molar-refractivity contribution in [3.63, 3.8) is 0 Å². The Hall–Kier alpha value is -3.09. The topological polar surface area (TPSA) is 72.3 Å². The lowest BCUT2D eigenvalue weighted by molar-refractivity contribution is 0.206. The molecule has 4 heterocycles. The Morgan fingerprint density at radius 3 is 2.88 bits per heavy atom. The Balaban J connectivity index is 1.42. The van der Waals surface area contributed by atoms with Crippen molar-refractivity contribution in [2.45, 2.75) is 58.1 Å². The zero-order chi connectivity index (χ0) is 22.3. The highest BCUT2D eigenvalue weighted by Gasteiger charge is 2.46. The highest BCUT2D eigenvalue weighted by atomic mass is 16.5. The highest BCUT2D eigenvalue weighted by Crippen LogP contribution is 2.43. The molecule has 2 atom stereocenters. The molecule has 1 saturated heterocycles. The first-order chi connectivity index (χ1) is 15.5. The Morgan fingerprint density at radius 2 is 2.06 bits per heavy atom. The molecule has 1 fully saturated rings. The molecule has 0 saturated carbocycles. The van der Waals surface area contributed by atoms with Crippen molar-refractivity contribution < 1.29 is 9.53 Å². The number of hydrogen-bond acceptors (Lipinski definition) is 4. The fourth-order valence-electron chi connectivity index (χ4n) is 4.96. The van der Waals surface area contributed by atoms with Crippen LogP contribution in [0.25, 0.3) is 22.2 Å². The van der Waals surface area contributed by atoms with Crippen LogP contribution in [0.3, 0.4) is 0 Å². The average Bonchev–Trinajstić information content (AvgIpc) is 3.50. The molecule has 1 N–H and O–H groups in total. The van der Waals surface area contributed by atoms with Gasteiger partial charge in [-0.25, -0.2) is 4.79 Å². The molecule has 2 aliphatic rings. The van der Waals surface area contributed by atoms with E-state index in [-0.39, 0.29) is 17.6 Å². The van der Waals surface area contributed by atoms with Crippen LogP contribution in [0.15, 0.2) is 36.5 Å². The zero-order valence-corrected chi connectivity index (χ0v) is 19.1. The number of hydrogen-bond donors (Lipinski definition) is 1. The second-order valence-electron chi connectivity index (χ2n) is 9.09. The van der Waals surface area contributed by atoms with Gasteiger partial charge in [-0.3, -0.25) is 9.67 Å². The van der Waals surface area contributed by atoms with E-state index in [2.05, 4.69) is 47.0 Å². The number of pyridine rings is 1. The summed E-state index contributed by atoms with van der Waals surface area (Å²) in [5.74, 6) is 0.869. The lowest BCUT2D eigenvalue weighted by Gasteiger charge is -2.23. The smallest absolute Gasteiger partial charge is 0.317 e. The molecular formula is C25H31N5O2. The van der Waals surface area contributed by atoms with E-state index >= 15 is 0 Å². The second-order valence-corrected chi connectivity index (χ2v) is 9.09. The van der Waals surface area contributed by atoms with Crippen molar-refractivity contribution in [3.05, 3.63) is 42.2 Å². The van der Waals surface area contributed by atoms with Crippen molar-refractivity contribution >= 4 is 16.9 Å². The maximum Gasteiger partial charge on any atom is 0.317 e. The second kappa shape index (κ2) is 8.11. The van der Waals surface area contributed by atoms with E-state index < -0.39 is 0 Å². The molecule has 2 unspecified atom stereocenters. The first-order valence-corrected chi connectivity index (χ1v) is 11.7. The quantitative estimate of drug-likeness (QED) is 0.649. The molecule has 2 aromatic heterocycles. The van der Waals surface area contributed by atoms with E-state index in [4.69, 9.17) is 9.84 Å². The van der Waals surface area contributed by atoms with E-state index in [1.807, 2.05) is 30.2 Å². The molecular weight excluding hydrogens is 402 g/mol. The summed E-state index contributed by atoms with van der Waals surface area (Å²) in [5, 5.41) is 8.89. The van der Waals surface area contributed by atoms with Crippen molar-refractivity contribution in [1.82, 2.24) is 25.0 Å². The monoisotopic (exact) mass is 433 g/mol. The molecule has 0 radical (unpaired) electrons. The third-order valence-corrected chi connectivity index (χ3v) is 6.96. The Morgan fingerprint density at radius 1 is 1.22 bits per heavy atom. The van der Waals surface area contributed by atoms with Crippen LogP contribution >= 0.6 is 0 Å². The van der Waals surface area contributed by atoms with Crippen LogP contribution in [0.4, 0.5) is 4.79 Å². The van der Waals surface area contributed by atoms with Gasteiger partial charge in [0.1, 0.15) is 5.75 Å². The predicted molar refractivity (Wildman–Crippen MR) is 125 cm³/mol. The number of fused-ring (bicyclic) bond motifs is 3. The Kier molecular flexibility index (Phi) is 5.27. The number of aryl methyl sites for hydroxylation is 1. The minimum atomic E-state index is 0.0118. The van der Waals surface area contributed by atoms with E-state index in [0.29, 0.717) is 6.54 Å². The molecule has 168 valence electrons. The molecule has 0 bridgehead atoms. The molecule has 3 aromatic rings. The number of amides is 2. The van der Waals surface area contributed by atoms with Crippen molar-refractivity contribution in [1.29, 1.82) is 0 Å². The molecule has 1 spiro atoms. The van der Waals surface area contributed by atoms with Gasteiger partial charge in [-0.2, -0.15) is 5.10 Å². The van der Waals surface area contributed by atoms with Gasteiger partial charge in [-0.1, -0.05) is 6.92 Å². The van der Waals surface area contributed by atoms with Crippen LogP contribution in [-0.4, -0.2) is 51.4 Å². The summed E-state index contributed by atoms with van der Waals surface area (Å²) in [4.78, 5) is 18.9. The first kappa shape index (κ1) is 20.8. The number of likely N-dealkylation sites (tertiary alicyclic amines) is 1. The lowest BCUT2D eigenvalue weighted by Crippen LogP contribution is -2.40. The van der Waals surface area contributed by atoms with Crippen LogP contribution < -0.4 is 10.1 Å². The molecule has 32 heavy (non-hydrogen) atoms. The minimum Gasteiger partial charge on any atom is -0.491 e. The standard InChI is InChI=1S/C25H31N5O2/c1-4-17(3)32-20-6-7-21-18(13-20)12-19(15-27-21)22-14-23-25(9-11-30(23)28-22)8-10-29(16-25)24(31)26-5-2/h6-7,12-15,17H,4-5,8-11,16H2,1-3H3,(H,26,31). The number of nitrogens with one attached hydrogen (secondary N) is 1. The molecule has 2 amide bonds. The number of nitrogens with zero attached hydrogens (tertiary/aromatic N) is 4. The minimum absolute atomic E-state index is 0.0118. The number of carbonyl (C=O) groups excluding carboxylic acids is 1. The van der Waals surface area contributed by atoms with Gasteiger partial charge >= 0.3 is 6.03 Å². The summed E-state index contributed by atoms with van der Waals surface area (Å²) < 4.78 is 8.12. The van der Waals surface area contributed by atoms with Crippen molar-refractivity contribution in [2.75, 3.05) is 19.6 Å². The number of rotatable bonds is 5. The average molecular weight is 434 g/mol. The van der Waals surface area contributed by atoms with E-state index in [0.717, 1.165) is 66.8 Å². The van der Waals surface area contributed by atoms with Gasteiger partial charge in [-0.15, -0.1) is 0 Å². The summed E-state index contributed by atoms with van der Waals surface area (Å²) >= 11 is 0. The van der Waals surface area contributed by atoms with Gasteiger partial charge in [-0.05, 0) is 63.4 Å². The van der Waals surface area contributed by atoms with Crippen molar-refractivity contribution in [3.8, 4) is 17.0 Å². The van der Waals surface area contributed by atoms with E-state index in [9.17, 15) is 4.79 Å². The van der Waals surface area contributed by atoms with Crippen molar-refractivity contribution in [2.24, 2.45) is 0 Å². The van der Waals surface area contributed by atoms with Gasteiger partial charge < -0.3 is 15.0 Å². The van der Waals surface area contributed by atoms with Crippen LogP contribution in [0, 0.1) is 0 Å². The lowest BCUT2D eigenvalue weighted by atomic mass is 9.82. The molecule has 7 nitrogen and oxygen atoms in total. The van der Waals surface area contributed by atoms with Gasteiger partial charge in [0, 0.05) is 54.4 Å². The molecule has 1 aromatic carbocycles. The Labute approximate surface area is 188 Å². The highest BCUT2D eigenvalue weighted by molar-refractivity contribution is 5.84. The number of carbonyl (C=O) groups is 1. The summed E-state index contributed by atoms with van der Waals surface area (Å²) in [6, 6.07) is 10.4. The van der Waals surface area contributed by atoms with Crippen LogP contribution in [0.5, 0.6) is 5.75 Å². The summed E-state index contributed by atoms with van der Waals surface area (Å²) in [6.07, 6.45) is 5.08. The number of benzene rings is 1. The predicted octanol–water partition coefficient (Wildman–Crippen LogP) is 4.35. The number of urea groups is 1. The fraction of sp³-hybridized carbons (Fsp3) is 0.480. The fourth-order valence-corrected chi connectivity index (χ4v) is 4.96. The summed E-state index contributed by atoms with van der Waals surface area (Å²) in [5.41, 5.74) is 4.15. The summed E-state index contributed by atoms with van der Waals surface area (Å²) in [7, 11) is 0. The van der Waals surface area contributed by atoms with E-state index in [1.54, 1.807) is 0 Å². The molecule has 2 aliphatic heterocycles.